The standard InChI is InChI=1S/C24H23NO5/c1-24(2,3)18-10-8-15(9-11-18)22(28)25-21(27)14-30-23(29)19-12-16-6-4-5-7-17(16)13-20(19)26/h4-13,26H,14H2,1-3H3,(H,25,27,28). The Kier molecular flexibility index (Phi) is 5.87. The summed E-state index contributed by atoms with van der Waals surface area (Å²) in [4.78, 5) is 36.5. The number of phenols is 1. The van der Waals surface area contributed by atoms with Crippen molar-refractivity contribution >= 4 is 28.6 Å². The van der Waals surface area contributed by atoms with Gasteiger partial charge in [0, 0.05) is 5.56 Å². The summed E-state index contributed by atoms with van der Waals surface area (Å²) in [7, 11) is 0. The fourth-order valence-electron chi connectivity index (χ4n) is 2.96. The van der Waals surface area contributed by atoms with Gasteiger partial charge in [0.1, 0.15) is 11.3 Å². The molecule has 3 aromatic carbocycles. The monoisotopic (exact) mass is 405 g/mol. The van der Waals surface area contributed by atoms with E-state index in [-0.39, 0.29) is 16.7 Å². The van der Waals surface area contributed by atoms with Crippen molar-refractivity contribution < 1.29 is 24.2 Å². The van der Waals surface area contributed by atoms with Crippen molar-refractivity contribution in [1.82, 2.24) is 5.32 Å². The lowest BCUT2D eigenvalue weighted by atomic mass is 9.87. The van der Waals surface area contributed by atoms with Crippen LogP contribution in [0.15, 0.2) is 60.7 Å². The number of ether oxygens (including phenoxy) is 1. The molecule has 3 aromatic rings. The van der Waals surface area contributed by atoms with E-state index < -0.39 is 24.4 Å². The van der Waals surface area contributed by atoms with Gasteiger partial charge in [0.25, 0.3) is 11.8 Å². The third-order valence-electron chi connectivity index (χ3n) is 4.68. The molecular weight excluding hydrogens is 382 g/mol. The molecule has 2 N–H and O–H groups in total. The van der Waals surface area contributed by atoms with Crippen molar-refractivity contribution in [2.45, 2.75) is 26.2 Å². The van der Waals surface area contributed by atoms with E-state index >= 15 is 0 Å². The van der Waals surface area contributed by atoms with Gasteiger partial charge in [0.05, 0.1) is 0 Å². The van der Waals surface area contributed by atoms with E-state index in [0.29, 0.717) is 5.56 Å². The summed E-state index contributed by atoms with van der Waals surface area (Å²) in [6.45, 7) is 5.55. The second kappa shape index (κ2) is 8.37. The molecule has 154 valence electrons. The lowest BCUT2D eigenvalue weighted by Gasteiger charge is -2.19. The number of carbonyl (C=O) groups is 3. The lowest BCUT2D eigenvalue weighted by molar-refractivity contribution is -0.123. The maximum Gasteiger partial charge on any atom is 0.342 e. The first-order chi connectivity index (χ1) is 14.1. The van der Waals surface area contributed by atoms with Crippen LogP contribution < -0.4 is 5.32 Å². The Morgan fingerprint density at radius 1 is 0.933 bits per heavy atom. The molecule has 0 aromatic heterocycles. The number of nitrogens with one attached hydrogen (secondary N) is 1. The summed E-state index contributed by atoms with van der Waals surface area (Å²) >= 11 is 0. The van der Waals surface area contributed by atoms with E-state index in [2.05, 4.69) is 26.1 Å². The summed E-state index contributed by atoms with van der Waals surface area (Å²) in [5, 5.41) is 13.8. The number of hydrogen-bond acceptors (Lipinski definition) is 5. The summed E-state index contributed by atoms with van der Waals surface area (Å²) in [5.74, 6) is -2.43. The number of imide groups is 1. The molecule has 0 radical (unpaired) electrons. The van der Waals surface area contributed by atoms with Crippen LogP contribution in [0.1, 0.15) is 47.1 Å². The van der Waals surface area contributed by atoms with Crippen molar-refractivity contribution in [2.24, 2.45) is 0 Å². The van der Waals surface area contributed by atoms with E-state index in [1.54, 1.807) is 24.3 Å². The van der Waals surface area contributed by atoms with Crippen LogP contribution in [-0.2, 0) is 14.9 Å². The fraction of sp³-hybridized carbons (Fsp3) is 0.208. The van der Waals surface area contributed by atoms with Gasteiger partial charge in [-0.1, -0.05) is 57.2 Å². The van der Waals surface area contributed by atoms with Gasteiger partial charge in [-0.05, 0) is 46.0 Å². The van der Waals surface area contributed by atoms with E-state index in [4.69, 9.17) is 4.74 Å². The van der Waals surface area contributed by atoms with E-state index in [1.807, 2.05) is 24.3 Å². The zero-order valence-electron chi connectivity index (χ0n) is 17.1. The first-order valence-corrected chi connectivity index (χ1v) is 9.49. The predicted molar refractivity (Wildman–Crippen MR) is 114 cm³/mol. The molecule has 0 saturated carbocycles. The van der Waals surface area contributed by atoms with Crippen LogP contribution in [-0.4, -0.2) is 29.5 Å². The normalized spacial score (nSPS) is 11.2. The molecular formula is C24H23NO5. The molecule has 0 spiro atoms. The summed E-state index contributed by atoms with van der Waals surface area (Å²) in [5.41, 5.74) is 1.29. The number of phenolic OH excluding ortho intramolecular Hbond substituents is 1. The third kappa shape index (κ3) is 4.84. The SMILES string of the molecule is CC(C)(C)c1ccc(C(=O)NC(=O)COC(=O)c2cc3ccccc3cc2O)cc1. The van der Waals surface area contributed by atoms with E-state index in [0.717, 1.165) is 16.3 Å². The lowest BCUT2D eigenvalue weighted by Crippen LogP contribution is -2.34. The molecule has 0 aliphatic rings. The molecule has 0 heterocycles. The number of rotatable bonds is 4. The first kappa shape index (κ1) is 21.0. The van der Waals surface area contributed by atoms with Crippen LogP contribution in [0.25, 0.3) is 10.8 Å². The van der Waals surface area contributed by atoms with Crippen LogP contribution >= 0.6 is 0 Å². The number of carbonyl (C=O) groups excluding carboxylic acids is 3. The summed E-state index contributed by atoms with van der Waals surface area (Å²) in [6.07, 6.45) is 0. The van der Waals surface area contributed by atoms with Crippen LogP contribution in [0, 0.1) is 0 Å². The summed E-state index contributed by atoms with van der Waals surface area (Å²) < 4.78 is 4.96. The zero-order chi connectivity index (χ0) is 21.9. The number of esters is 1. The average molecular weight is 405 g/mol. The van der Waals surface area contributed by atoms with Gasteiger partial charge in [0.2, 0.25) is 0 Å². The quantitative estimate of drug-likeness (QED) is 0.641. The van der Waals surface area contributed by atoms with Gasteiger partial charge in [-0.15, -0.1) is 0 Å². The van der Waals surface area contributed by atoms with Gasteiger partial charge < -0.3 is 9.84 Å². The van der Waals surface area contributed by atoms with Crippen molar-refractivity contribution in [2.75, 3.05) is 6.61 Å². The van der Waals surface area contributed by atoms with Crippen LogP contribution in [0.4, 0.5) is 0 Å². The van der Waals surface area contributed by atoms with Crippen LogP contribution in [0.3, 0.4) is 0 Å². The molecule has 0 saturated heterocycles. The predicted octanol–water partition coefficient (Wildman–Crippen LogP) is 3.96. The van der Waals surface area contributed by atoms with Gasteiger partial charge in [-0.2, -0.15) is 0 Å². The van der Waals surface area contributed by atoms with Crippen molar-refractivity contribution in [1.29, 1.82) is 0 Å². The van der Waals surface area contributed by atoms with Crippen LogP contribution in [0.5, 0.6) is 5.75 Å². The van der Waals surface area contributed by atoms with Gasteiger partial charge >= 0.3 is 5.97 Å². The van der Waals surface area contributed by atoms with Gasteiger partial charge in [-0.3, -0.25) is 14.9 Å². The highest BCUT2D eigenvalue weighted by Crippen LogP contribution is 2.25. The Bertz CT molecular complexity index is 1110. The smallest absolute Gasteiger partial charge is 0.342 e. The van der Waals surface area contributed by atoms with Gasteiger partial charge in [-0.25, -0.2) is 4.79 Å². The maximum atomic E-state index is 12.3. The minimum atomic E-state index is -0.851. The second-order valence-electron chi connectivity index (χ2n) is 8.00. The molecule has 0 atom stereocenters. The highest BCUT2D eigenvalue weighted by Gasteiger charge is 2.18. The molecule has 6 heteroatoms. The third-order valence-corrected chi connectivity index (χ3v) is 4.68. The topological polar surface area (TPSA) is 92.7 Å². The largest absolute Gasteiger partial charge is 0.507 e. The molecule has 0 aliphatic carbocycles. The Morgan fingerprint density at radius 2 is 1.53 bits per heavy atom. The number of hydrogen-bond donors (Lipinski definition) is 2. The van der Waals surface area contributed by atoms with E-state index in [9.17, 15) is 19.5 Å². The highest BCUT2D eigenvalue weighted by molar-refractivity contribution is 6.06. The number of benzene rings is 3. The molecule has 0 aliphatic heterocycles. The van der Waals surface area contributed by atoms with Crippen molar-refractivity contribution in [3.63, 3.8) is 0 Å². The second-order valence-corrected chi connectivity index (χ2v) is 8.00. The molecule has 6 nitrogen and oxygen atoms in total. The molecule has 2 amide bonds. The molecule has 30 heavy (non-hydrogen) atoms. The Morgan fingerprint density at radius 3 is 2.13 bits per heavy atom. The maximum absolute atomic E-state index is 12.3. The number of amides is 2. The first-order valence-electron chi connectivity index (χ1n) is 9.49. The molecule has 0 bridgehead atoms. The minimum Gasteiger partial charge on any atom is -0.507 e. The van der Waals surface area contributed by atoms with Crippen molar-refractivity contribution in [3.8, 4) is 5.75 Å². The van der Waals surface area contributed by atoms with Crippen LogP contribution in [0.2, 0.25) is 0 Å². The van der Waals surface area contributed by atoms with E-state index in [1.165, 1.54) is 12.1 Å². The average Bonchev–Trinajstić information content (AvgIpc) is 2.71. The zero-order valence-corrected chi connectivity index (χ0v) is 17.1. The number of aromatic hydroxyl groups is 1. The Balaban J connectivity index is 1.59. The molecule has 3 rings (SSSR count). The Labute approximate surface area is 174 Å². The Hall–Kier alpha value is -3.67. The minimum absolute atomic E-state index is 0.0483. The van der Waals surface area contributed by atoms with Crippen molar-refractivity contribution in [3.05, 3.63) is 77.4 Å². The number of fused-ring (bicyclic) bond motifs is 1. The highest BCUT2D eigenvalue weighted by atomic mass is 16.5. The molecule has 0 fully saturated rings. The molecule has 0 unspecified atom stereocenters. The summed E-state index contributed by atoms with van der Waals surface area (Å²) in [6, 6.07) is 17.1. The van der Waals surface area contributed by atoms with Gasteiger partial charge in [0.15, 0.2) is 6.61 Å². The fourth-order valence-corrected chi connectivity index (χ4v) is 2.96.